The van der Waals surface area contributed by atoms with E-state index in [1.807, 2.05) is 34.6 Å². The second-order valence-corrected chi connectivity index (χ2v) is 10.9. The second-order valence-electron chi connectivity index (χ2n) is 9.75. The zero-order valence-electron chi connectivity index (χ0n) is 18.4. The Hall–Kier alpha value is -1.95. The van der Waals surface area contributed by atoms with Crippen LogP contribution in [0, 0.1) is 10.8 Å². The highest BCUT2D eigenvalue weighted by atomic mass is 31.2. The molecule has 0 aliphatic carbocycles. The fourth-order valence-corrected chi connectivity index (χ4v) is 5.32. The average Bonchev–Trinajstić information content (AvgIpc) is 3.13. The first-order chi connectivity index (χ1) is 14.9. The highest BCUT2D eigenvalue weighted by Crippen LogP contribution is 2.69. The topological polar surface area (TPSA) is 120 Å². The molecule has 2 fully saturated rings. The summed E-state index contributed by atoms with van der Waals surface area (Å²) in [6.07, 6.45) is -4.79. The van der Waals surface area contributed by atoms with Gasteiger partial charge in [-0.05, 0) is 12.1 Å². The van der Waals surface area contributed by atoms with E-state index in [1.165, 1.54) is 18.2 Å². The number of fused-ring (bicyclic) bond motifs is 1. The Morgan fingerprint density at radius 3 is 2.27 bits per heavy atom. The van der Waals surface area contributed by atoms with Crippen LogP contribution in [-0.2, 0) is 31.0 Å². The van der Waals surface area contributed by atoms with E-state index in [0.29, 0.717) is 11.6 Å². The highest BCUT2D eigenvalue weighted by molar-refractivity contribution is 7.46. The minimum Gasteiger partial charge on any atom is -0.404 e. The van der Waals surface area contributed by atoms with Gasteiger partial charge in [0.2, 0.25) is 5.76 Å². The molecule has 13 heteroatoms. The van der Waals surface area contributed by atoms with Gasteiger partial charge < -0.3 is 13.8 Å². The van der Waals surface area contributed by atoms with Gasteiger partial charge in [-0.3, -0.25) is 9.79 Å². The van der Waals surface area contributed by atoms with Gasteiger partial charge in [0.25, 0.3) is 5.79 Å². The van der Waals surface area contributed by atoms with E-state index in [2.05, 4.69) is 9.68 Å². The molecule has 0 amide bonds. The van der Waals surface area contributed by atoms with Crippen molar-refractivity contribution in [2.24, 2.45) is 10.8 Å². The fraction of sp³-hybridized carbons (Fsp3) is 0.550. The van der Waals surface area contributed by atoms with Crippen LogP contribution < -0.4 is 4.52 Å². The third-order valence-corrected chi connectivity index (χ3v) is 6.47. The molecule has 2 saturated heterocycles. The van der Waals surface area contributed by atoms with Crippen molar-refractivity contribution in [1.29, 1.82) is 0 Å². The molecule has 0 bridgehead atoms. The largest absolute Gasteiger partial charge is 0.524 e. The Bertz CT molecular complexity index is 1140. The number of aromatic nitrogens is 1. The molecule has 0 radical (unpaired) electrons. The summed E-state index contributed by atoms with van der Waals surface area (Å²) in [7, 11) is -5.10. The van der Waals surface area contributed by atoms with Crippen molar-refractivity contribution in [1.82, 2.24) is 5.16 Å². The number of phosphoric ester groups is 1. The van der Waals surface area contributed by atoms with Gasteiger partial charge in [0.1, 0.15) is 11.4 Å². The Balaban J connectivity index is 1.86. The molecule has 2 unspecified atom stereocenters. The molecular formula is C20H23F3NO8P. The van der Waals surface area contributed by atoms with Crippen molar-refractivity contribution < 1.29 is 51.1 Å². The van der Waals surface area contributed by atoms with Gasteiger partial charge in [0.15, 0.2) is 5.60 Å². The summed E-state index contributed by atoms with van der Waals surface area (Å²) in [6, 6.07) is 4.64. The van der Waals surface area contributed by atoms with E-state index in [0.717, 1.165) is 0 Å². The molecule has 2 aromatic rings. The summed E-state index contributed by atoms with van der Waals surface area (Å²) >= 11 is 0. The molecule has 33 heavy (non-hydrogen) atoms. The molecule has 4 rings (SSSR count). The minimum atomic E-state index is -5.10. The van der Waals surface area contributed by atoms with Crippen molar-refractivity contribution in [3.8, 4) is 17.0 Å². The third kappa shape index (κ3) is 3.51. The molecule has 2 aliphatic rings. The predicted molar refractivity (Wildman–Crippen MR) is 105 cm³/mol. The number of alkyl halides is 3. The highest BCUT2D eigenvalue weighted by Gasteiger charge is 2.81. The standard InChI is InChI=1S/C20H23F3NO8P/c1-16(2,3)20-17(4,5)10-28-18(20,31-32-20)11-6-7-12(14(8-11)30-33(25,26)27)13-9-15(29-24-13)19(21,22)23/h6-9H,10H2,1-5H3,(H2,25,26,27). The second kappa shape index (κ2) is 7.03. The Labute approximate surface area is 186 Å². The van der Waals surface area contributed by atoms with Crippen LogP contribution >= 0.6 is 7.82 Å². The first kappa shape index (κ1) is 24.2. The van der Waals surface area contributed by atoms with Gasteiger partial charge in [0.05, 0.1) is 6.61 Å². The van der Waals surface area contributed by atoms with Gasteiger partial charge in [0, 0.05) is 28.0 Å². The quantitative estimate of drug-likeness (QED) is 0.458. The fourth-order valence-electron chi connectivity index (χ4n) is 4.91. The third-order valence-electron chi connectivity index (χ3n) is 6.04. The molecule has 182 valence electrons. The molecule has 2 N–H and O–H groups in total. The van der Waals surface area contributed by atoms with Crippen LogP contribution in [0.4, 0.5) is 13.2 Å². The number of benzene rings is 1. The zero-order chi connectivity index (χ0) is 24.7. The molecule has 3 heterocycles. The summed E-state index contributed by atoms with van der Waals surface area (Å²) in [4.78, 5) is 30.0. The monoisotopic (exact) mass is 493 g/mol. The van der Waals surface area contributed by atoms with Crippen molar-refractivity contribution in [3.63, 3.8) is 0 Å². The molecule has 1 aromatic heterocycles. The van der Waals surface area contributed by atoms with Crippen LogP contribution in [0.15, 0.2) is 28.8 Å². The van der Waals surface area contributed by atoms with Crippen LogP contribution in [0.25, 0.3) is 11.3 Å². The van der Waals surface area contributed by atoms with Crippen molar-refractivity contribution in [2.45, 2.75) is 52.2 Å². The summed E-state index contributed by atoms with van der Waals surface area (Å²) in [5.74, 6) is -3.24. The van der Waals surface area contributed by atoms with Crippen LogP contribution in [0.3, 0.4) is 0 Å². The average molecular weight is 493 g/mol. The Kier molecular flexibility index (Phi) is 5.15. The summed E-state index contributed by atoms with van der Waals surface area (Å²) in [5.41, 5.74) is -2.18. The molecule has 2 aliphatic heterocycles. The lowest BCUT2D eigenvalue weighted by Gasteiger charge is -2.61. The summed E-state index contributed by atoms with van der Waals surface area (Å²) < 4.78 is 65.7. The lowest BCUT2D eigenvalue weighted by atomic mass is 9.57. The first-order valence-corrected chi connectivity index (χ1v) is 11.4. The molecule has 0 spiro atoms. The number of nitrogens with zero attached hydrogens (tertiary/aromatic N) is 1. The summed E-state index contributed by atoms with van der Waals surface area (Å²) in [6.45, 7) is 9.96. The van der Waals surface area contributed by atoms with E-state index >= 15 is 0 Å². The molecule has 9 nitrogen and oxygen atoms in total. The maximum atomic E-state index is 12.9. The van der Waals surface area contributed by atoms with E-state index < -0.39 is 47.7 Å². The maximum absolute atomic E-state index is 12.9. The van der Waals surface area contributed by atoms with Crippen molar-refractivity contribution in [3.05, 3.63) is 35.6 Å². The van der Waals surface area contributed by atoms with Crippen molar-refractivity contribution in [2.75, 3.05) is 6.61 Å². The van der Waals surface area contributed by atoms with Crippen LogP contribution in [-0.4, -0.2) is 27.2 Å². The lowest BCUT2D eigenvalue weighted by Crippen LogP contribution is -2.73. The van der Waals surface area contributed by atoms with Gasteiger partial charge in [-0.25, -0.2) is 9.45 Å². The SMILES string of the molecule is CC(C)(C)C12OOC1(c1ccc(-c3cc(C(F)(F)F)on3)c(OP(=O)(O)O)c1)OCC2(C)C. The van der Waals surface area contributed by atoms with Crippen LogP contribution in [0.1, 0.15) is 45.9 Å². The first-order valence-electron chi connectivity index (χ1n) is 9.88. The normalized spacial score (nSPS) is 27.2. The number of ether oxygens (including phenoxy) is 1. The zero-order valence-corrected chi connectivity index (χ0v) is 19.3. The molecular weight excluding hydrogens is 470 g/mol. The molecule has 0 saturated carbocycles. The molecule has 2 atom stereocenters. The number of phosphoric acid groups is 1. The Morgan fingerprint density at radius 2 is 1.79 bits per heavy atom. The van der Waals surface area contributed by atoms with Crippen molar-refractivity contribution >= 4 is 7.82 Å². The van der Waals surface area contributed by atoms with E-state index in [9.17, 15) is 27.5 Å². The minimum absolute atomic E-state index is 0.128. The smallest absolute Gasteiger partial charge is 0.404 e. The number of hydrogen-bond donors (Lipinski definition) is 2. The van der Waals surface area contributed by atoms with Gasteiger partial charge in [-0.15, -0.1) is 0 Å². The lowest BCUT2D eigenvalue weighted by molar-refractivity contribution is -0.626. The number of halogens is 3. The number of hydrogen-bond acceptors (Lipinski definition) is 7. The van der Waals surface area contributed by atoms with E-state index in [4.69, 9.17) is 19.0 Å². The number of rotatable bonds is 4. The van der Waals surface area contributed by atoms with Gasteiger partial charge in [-0.2, -0.15) is 18.1 Å². The van der Waals surface area contributed by atoms with E-state index in [1.54, 1.807) is 0 Å². The summed E-state index contributed by atoms with van der Waals surface area (Å²) in [5, 5.41) is 3.38. The molecule has 1 aromatic carbocycles. The van der Waals surface area contributed by atoms with Gasteiger partial charge >= 0.3 is 14.0 Å². The maximum Gasteiger partial charge on any atom is 0.524 e. The Morgan fingerprint density at radius 1 is 1.12 bits per heavy atom. The predicted octanol–water partition coefficient (Wildman–Crippen LogP) is 4.79. The van der Waals surface area contributed by atoms with Crippen LogP contribution in [0.5, 0.6) is 5.75 Å². The van der Waals surface area contributed by atoms with E-state index in [-0.39, 0.29) is 17.9 Å². The van der Waals surface area contributed by atoms with Gasteiger partial charge in [-0.1, -0.05) is 45.8 Å². The van der Waals surface area contributed by atoms with Crippen LogP contribution in [0.2, 0.25) is 0 Å².